The molecule has 9 nitrogen and oxygen atoms in total. The molecule has 3 amide bonds. The van der Waals surface area contributed by atoms with Crippen molar-refractivity contribution in [1.29, 1.82) is 0 Å². The second kappa shape index (κ2) is 15.9. The number of nitrogens with one attached hydrogen (secondary N) is 3. The second-order valence-electron chi connectivity index (χ2n) is 9.98. The van der Waals surface area contributed by atoms with Gasteiger partial charge in [0.15, 0.2) is 11.5 Å². The van der Waals surface area contributed by atoms with E-state index < -0.39 is 17.1 Å². The molecular formula is C35H34ClN3O6S. The number of hydrogen-bond donors (Lipinski definition) is 3. The molecule has 0 aliphatic heterocycles. The van der Waals surface area contributed by atoms with Gasteiger partial charge in [-0.1, -0.05) is 41.9 Å². The molecule has 0 aliphatic rings. The largest absolute Gasteiger partial charge is 0.493 e. The molecule has 0 aromatic heterocycles. The van der Waals surface area contributed by atoms with Crippen molar-refractivity contribution in [3.05, 3.63) is 112 Å². The van der Waals surface area contributed by atoms with Crippen LogP contribution in [0.15, 0.2) is 95.5 Å². The molecule has 0 saturated heterocycles. The lowest BCUT2D eigenvalue weighted by atomic mass is 10.1. The van der Waals surface area contributed by atoms with E-state index in [1.807, 2.05) is 13.0 Å². The first-order chi connectivity index (χ1) is 22.1. The van der Waals surface area contributed by atoms with Gasteiger partial charge in [0.2, 0.25) is 11.7 Å². The van der Waals surface area contributed by atoms with Crippen LogP contribution in [0, 0.1) is 6.92 Å². The zero-order chi connectivity index (χ0) is 33.2. The Hall–Kier alpha value is -4.93. The van der Waals surface area contributed by atoms with E-state index in [1.54, 1.807) is 85.8 Å². The van der Waals surface area contributed by atoms with E-state index in [-0.39, 0.29) is 11.6 Å². The van der Waals surface area contributed by atoms with Gasteiger partial charge >= 0.3 is 0 Å². The van der Waals surface area contributed by atoms with E-state index >= 15 is 0 Å². The van der Waals surface area contributed by atoms with Crippen LogP contribution in [0.3, 0.4) is 0 Å². The minimum absolute atomic E-state index is 0.0224. The van der Waals surface area contributed by atoms with Gasteiger partial charge in [-0.2, -0.15) is 0 Å². The monoisotopic (exact) mass is 659 g/mol. The van der Waals surface area contributed by atoms with Gasteiger partial charge in [0.1, 0.15) is 5.70 Å². The third kappa shape index (κ3) is 8.62. The summed E-state index contributed by atoms with van der Waals surface area (Å²) >= 11 is 7.53. The first-order valence-corrected chi connectivity index (χ1v) is 15.4. The Morgan fingerprint density at radius 3 is 2.15 bits per heavy atom. The Balaban J connectivity index is 1.57. The quantitative estimate of drug-likeness (QED) is 0.109. The fourth-order valence-corrected chi connectivity index (χ4v) is 5.48. The summed E-state index contributed by atoms with van der Waals surface area (Å²) in [5.74, 6) is -0.0624. The SMILES string of the molecule is COc1cc(/C=C(/NC(=O)c2ccccc2)C(=O)Nc2cccc(SC(C)C(=O)Nc3cccc(Cl)c3C)c2)cc(OC)c1OC. The van der Waals surface area contributed by atoms with Gasteiger partial charge in [0.25, 0.3) is 11.8 Å². The van der Waals surface area contributed by atoms with Gasteiger partial charge in [-0.25, -0.2) is 0 Å². The zero-order valence-electron chi connectivity index (χ0n) is 26.0. The molecule has 4 aromatic carbocycles. The molecular weight excluding hydrogens is 626 g/mol. The summed E-state index contributed by atoms with van der Waals surface area (Å²) in [4.78, 5) is 40.5. The molecule has 3 N–H and O–H groups in total. The van der Waals surface area contributed by atoms with Gasteiger partial charge in [-0.3, -0.25) is 14.4 Å². The lowest BCUT2D eigenvalue weighted by Gasteiger charge is -2.16. The van der Waals surface area contributed by atoms with Gasteiger partial charge in [0, 0.05) is 26.9 Å². The molecule has 0 radical (unpaired) electrons. The fraction of sp³-hybridized carbons (Fsp3) is 0.171. The number of carbonyl (C=O) groups excluding carboxylic acids is 3. The van der Waals surface area contributed by atoms with Crippen LogP contribution < -0.4 is 30.2 Å². The van der Waals surface area contributed by atoms with E-state index in [0.717, 1.165) is 10.5 Å². The Kier molecular flexibility index (Phi) is 11.7. The maximum Gasteiger partial charge on any atom is 0.272 e. The number of carbonyl (C=O) groups is 3. The van der Waals surface area contributed by atoms with E-state index in [9.17, 15) is 14.4 Å². The number of ether oxygens (including phenoxy) is 3. The summed E-state index contributed by atoms with van der Waals surface area (Å²) in [7, 11) is 4.47. The molecule has 0 spiro atoms. The van der Waals surface area contributed by atoms with Crippen molar-refractivity contribution >= 4 is 58.5 Å². The molecule has 46 heavy (non-hydrogen) atoms. The average Bonchev–Trinajstić information content (AvgIpc) is 3.06. The minimum Gasteiger partial charge on any atom is -0.493 e. The molecule has 1 atom stereocenters. The molecule has 4 aromatic rings. The first kappa shape index (κ1) is 34.0. The van der Waals surface area contributed by atoms with Crippen LogP contribution in [-0.4, -0.2) is 44.3 Å². The van der Waals surface area contributed by atoms with Crippen molar-refractivity contribution < 1.29 is 28.6 Å². The zero-order valence-corrected chi connectivity index (χ0v) is 27.5. The third-order valence-electron chi connectivity index (χ3n) is 6.83. The standard InChI is InChI=1S/C35H34ClN3O6S/c1-21-27(36)15-10-16-28(21)38-33(40)22(2)46-26-14-9-13-25(20-26)37-35(42)29(39-34(41)24-11-7-6-8-12-24)17-23-18-30(43-3)32(45-5)31(19-23)44-4/h6-20,22H,1-5H3,(H,37,42)(H,38,40)(H,39,41)/b29-17+. The van der Waals surface area contributed by atoms with Crippen molar-refractivity contribution in [3.8, 4) is 17.2 Å². The number of halogens is 1. The molecule has 0 aliphatic carbocycles. The van der Waals surface area contributed by atoms with Gasteiger partial charge in [0.05, 0.1) is 26.6 Å². The lowest BCUT2D eigenvalue weighted by Crippen LogP contribution is -2.30. The van der Waals surface area contributed by atoms with E-state index in [1.165, 1.54) is 39.2 Å². The number of anilines is 2. The normalized spacial score (nSPS) is 11.7. The van der Waals surface area contributed by atoms with E-state index in [2.05, 4.69) is 16.0 Å². The number of benzene rings is 4. The molecule has 0 fully saturated rings. The first-order valence-electron chi connectivity index (χ1n) is 14.2. The summed E-state index contributed by atoms with van der Waals surface area (Å²) in [6.45, 7) is 3.64. The highest BCUT2D eigenvalue weighted by Crippen LogP contribution is 2.38. The lowest BCUT2D eigenvalue weighted by molar-refractivity contribution is -0.115. The van der Waals surface area contributed by atoms with Crippen molar-refractivity contribution in [2.24, 2.45) is 0 Å². The molecule has 11 heteroatoms. The summed E-state index contributed by atoms with van der Waals surface area (Å²) in [5, 5.41) is 8.63. The van der Waals surface area contributed by atoms with Crippen LogP contribution >= 0.6 is 23.4 Å². The minimum atomic E-state index is -0.567. The van der Waals surface area contributed by atoms with Crippen LogP contribution in [0.5, 0.6) is 17.2 Å². The number of methoxy groups -OCH3 is 3. The Bertz CT molecular complexity index is 1740. The number of amides is 3. The van der Waals surface area contributed by atoms with Crippen molar-refractivity contribution in [2.75, 3.05) is 32.0 Å². The summed E-state index contributed by atoms with van der Waals surface area (Å²) in [5.41, 5.74) is 2.78. The predicted octanol–water partition coefficient (Wildman–Crippen LogP) is 7.20. The summed E-state index contributed by atoms with van der Waals surface area (Å²) in [6.07, 6.45) is 1.52. The topological polar surface area (TPSA) is 115 Å². The van der Waals surface area contributed by atoms with Gasteiger partial charge in [-0.15, -0.1) is 11.8 Å². The van der Waals surface area contributed by atoms with Crippen LogP contribution in [0.25, 0.3) is 6.08 Å². The fourth-order valence-electron chi connectivity index (χ4n) is 4.37. The van der Waals surface area contributed by atoms with Crippen LogP contribution in [0.4, 0.5) is 11.4 Å². The van der Waals surface area contributed by atoms with Gasteiger partial charge < -0.3 is 30.2 Å². The van der Waals surface area contributed by atoms with E-state index in [0.29, 0.717) is 44.8 Å². The number of thioether (sulfide) groups is 1. The van der Waals surface area contributed by atoms with Crippen molar-refractivity contribution in [2.45, 2.75) is 24.0 Å². The van der Waals surface area contributed by atoms with Crippen LogP contribution in [0.1, 0.15) is 28.4 Å². The molecule has 0 bridgehead atoms. The number of hydrogen-bond acceptors (Lipinski definition) is 7. The molecule has 0 heterocycles. The second-order valence-corrected chi connectivity index (χ2v) is 11.8. The Labute approximate surface area is 277 Å². The Morgan fingerprint density at radius 1 is 0.826 bits per heavy atom. The van der Waals surface area contributed by atoms with Crippen LogP contribution in [0.2, 0.25) is 5.02 Å². The van der Waals surface area contributed by atoms with Crippen molar-refractivity contribution in [1.82, 2.24) is 5.32 Å². The smallest absolute Gasteiger partial charge is 0.272 e. The highest BCUT2D eigenvalue weighted by molar-refractivity contribution is 8.00. The maximum atomic E-state index is 13.7. The van der Waals surface area contributed by atoms with Gasteiger partial charge in [-0.05, 0) is 85.6 Å². The highest BCUT2D eigenvalue weighted by Gasteiger charge is 2.19. The predicted molar refractivity (Wildman–Crippen MR) is 183 cm³/mol. The summed E-state index contributed by atoms with van der Waals surface area (Å²) in [6, 6.07) is 24.3. The molecule has 0 saturated carbocycles. The Morgan fingerprint density at radius 2 is 1.50 bits per heavy atom. The molecule has 1 unspecified atom stereocenters. The van der Waals surface area contributed by atoms with Crippen molar-refractivity contribution in [3.63, 3.8) is 0 Å². The number of rotatable bonds is 12. The summed E-state index contributed by atoms with van der Waals surface area (Å²) < 4.78 is 16.3. The highest BCUT2D eigenvalue weighted by atomic mass is 35.5. The van der Waals surface area contributed by atoms with Crippen LogP contribution in [-0.2, 0) is 9.59 Å². The maximum absolute atomic E-state index is 13.7. The van der Waals surface area contributed by atoms with E-state index in [4.69, 9.17) is 25.8 Å². The molecule has 238 valence electrons. The average molecular weight is 660 g/mol. The molecule has 4 rings (SSSR count). The third-order valence-corrected chi connectivity index (χ3v) is 8.33.